The molecule has 0 aliphatic heterocycles. The van der Waals surface area contributed by atoms with Crippen LogP contribution in [0.4, 0.5) is 5.69 Å². The first kappa shape index (κ1) is 23.5. The van der Waals surface area contributed by atoms with Gasteiger partial charge in [-0.2, -0.15) is 5.26 Å². The Balaban J connectivity index is 1.70. The minimum Gasteiger partial charge on any atom is -0.497 e. The van der Waals surface area contributed by atoms with Crippen molar-refractivity contribution < 1.29 is 14.3 Å². The number of ether oxygens (including phenoxy) is 1. The van der Waals surface area contributed by atoms with E-state index in [0.717, 1.165) is 5.56 Å². The van der Waals surface area contributed by atoms with E-state index >= 15 is 0 Å². The van der Waals surface area contributed by atoms with Gasteiger partial charge >= 0.3 is 0 Å². The van der Waals surface area contributed by atoms with Crippen molar-refractivity contribution in [3.05, 3.63) is 78.4 Å². The molecule has 8 heteroatoms. The molecule has 1 N–H and O–H groups in total. The van der Waals surface area contributed by atoms with Crippen molar-refractivity contribution in [3.63, 3.8) is 0 Å². The highest BCUT2D eigenvalue weighted by Crippen LogP contribution is 2.23. The van der Waals surface area contributed by atoms with Gasteiger partial charge in [0.2, 0.25) is 11.8 Å². The van der Waals surface area contributed by atoms with Gasteiger partial charge in [0, 0.05) is 44.5 Å². The number of nitriles is 1. The van der Waals surface area contributed by atoms with Gasteiger partial charge in [-0.1, -0.05) is 30.3 Å². The molecule has 1 heterocycles. The first-order chi connectivity index (χ1) is 16.0. The first-order valence-electron chi connectivity index (χ1n) is 10.7. The number of hydrogen-bond acceptors (Lipinski definition) is 5. The first-order valence-corrected chi connectivity index (χ1v) is 10.7. The van der Waals surface area contributed by atoms with E-state index in [4.69, 9.17) is 10.00 Å². The van der Waals surface area contributed by atoms with Crippen LogP contribution in [0.25, 0.3) is 0 Å². The van der Waals surface area contributed by atoms with Gasteiger partial charge in [-0.15, -0.1) is 0 Å². The van der Waals surface area contributed by atoms with Crippen LogP contribution >= 0.6 is 0 Å². The Hall–Kier alpha value is -4.12. The lowest BCUT2D eigenvalue weighted by Crippen LogP contribution is -2.34. The zero-order chi connectivity index (χ0) is 23.6. The maximum absolute atomic E-state index is 12.9. The van der Waals surface area contributed by atoms with Gasteiger partial charge in [0.05, 0.1) is 19.6 Å². The summed E-state index contributed by atoms with van der Waals surface area (Å²) in [5, 5.41) is 12.0. The SMILES string of the molecule is COc1ccc(C(NC(=O)CCC(=O)N(CCC#N)c2ccccc2)c2nccn2C)cc1. The Morgan fingerprint density at radius 2 is 1.88 bits per heavy atom. The number of aromatic nitrogens is 2. The molecule has 0 fully saturated rings. The summed E-state index contributed by atoms with van der Waals surface area (Å²) < 4.78 is 7.07. The largest absolute Gasteiger partial charge is 0.497 e. The second kappa shape index (κ2) is 11.5. The Morgan fingerprint density at radius 3 is 2.48 bits per heavy atom. The Kier molecular flexibility index (Phi) is 8.19. The minimum atomic E-state index is -0.470. The third-order valence-corrected chi connectivity index (χ3v) is 5.25. The van der Waals surface area contributed by atoms with Gasteiger partial charge in [0.1, 0.15) is 17.6 Å². The molecule has 33 heavy (non-hydrogen) atoms. The quantitative estimate of drug-likeness (QED) is 0.516. The molecule has 0 radical (unpaired) electrons. The maximum atomic E-state index is 12.9. The van der Waals surface area contributed by atoms with Gasteiger partial charge in [0.25, 0.3) is 0 Å². The number of carbonyl (C=O) groups is 2. The fourth-order valence-corrected chi connectivity index (χ4v) is 3.50. The predicted octanol–water partition coefficient (Wildman–Crippen LogP) is 3.36. The van der Waals surface area contributed by atoms with Gasteiger partial charge in [0.15, 0.2) is 0 Å². The summed E-state index contributed by atoms with van der Waals surface area (Å²) in [5.74, 6) is 0.928. The lowest BCUT2D eigenvalue weighted by atomic mass is 10.1. The monoisotopic (exact) mass is 445 g/mol. The summed E-state index contributed by atoms with van der Waals surface area (Å²) in [6, 6.07) is 18.2. The van der Waals surface area contributed by atoms with E-state index < -0.39 is 6.04 Å². The number of imidazole rings is 1. The number of hydrogen-bond donors (Lipinski definition) is 1. The van der Waals surface area contributed by atoms with Crippen LogP contribution in [-0.2, 0) is 16.6 Å². The number of carbonyl (C=O) groups excluding carboxylic acids is 2. The van der Waals surface area contributed by atoms with Crippen molar-refractivity contribution in [3.8, 4) is 11.8 Å². The molecule has 170 valence electrons. The topological polar surface area (TPSA) is 100 Å². The molecule has 0 saturated carbocycles. The summed E-state index contributed by atoms with van der Waals surface area (Å²) in [6.45, 7) is 0.280. The highest BCUT2D eigenvalue weighted by molar-refractivity contribution is 5.95. The number of rotatable bonds is 10. The van der Waals surface area contributed by atoms with Crippen molar-refractivity contribution in [2.24, 2.45) is 7.05 Å². The van der Waals surface area contributed by atoms with E-state index in [1.165, 1.54) is 0 Å². The molecular weight excluding hydrogens is 418 g/mol. The molecule has 2 aromatic carbocycles. The fraction of sp³-hybridized carbons (Fsp3) is 0.280. The molecule has 0 bridgehead atoms. The van der Waals surface area contributed by atoms with Crippen LogP contribution in [0.2, 0.25) is 0 Å². The van der Waals surface area contributed by atoms with Crippen molar-refractivity contribution >= 4 is 17.5 Å². The highest BCUT2D eigenvalue weighted by Gasteiger charge is 2.22. The van der Waals surface area contributed by atoms with Crippen LogP contribution in [0, 0.1) is 11.3 Å². The zero-order valence-corrected chi connectivity index (χ0v) is 18.8. The second-order valence-electron chi connectivity index (χ2n) is 7.46. The van der Waals surface area contributed by atoms with Crippen LogP contribution in [0.15, 0.2) is 67.0 Å². The summed E-state index contributed by atoms with van der Waals surface area (Å²) in [6.07, 6.45) is 3.75. The standard InChI is InChI=1S/C25H27N5O3/c1-29-18-16-27-25(29)24(19-9-11-21(33-2)12-10-19)28-22(31)13-14-23(32)30(17-6-15-26)20-7-4-3-5-8-20/h3-5,7-12,16,18,24H,6,13-14,17H2,1-2H3,(H,28,31). The van der Waals surface area contributed by atoms with E-state index in [2.05, 4.69) is 16.4 Å². The second-order valence-corrected chi connectivity index (χ2v) is 7.46. The predicted molar refractivity (Wildman–Crippen MR) is 124 cm³/mol. The summed E-state index contributed by atoms with van der Waals surface area (Å²) in [4.78, 5) is 31.7. The molecule has 0 spiro atoms. The Labute approximate surface area is 193 Å². The molecule has 1 unspecified atom stereocenters. The third kappa shape index (κ3) is 6.20. The zero-order valence-electron chi connectivity index (χ0n) is 18.8. The normalized spacial score (nSPS) is 11.3. The van der Waals surface area contributed by atoms with Crippen molar-refractivity contribution in [2.75, 3.05) is 18.6 Å². The van der Waals surface area contributed by atoms with Crippen LogP contribution in [0.3, 0.4) is 0 Å². The average Bonchev–Trinajstić information content (AvgIpc) is 3.27. The molecule has 2 amide bonds. The molecule has 1 atom stereocenters. The van der Waals surface area contributed by atoms with Gasteiger partial charge in [-0.3, -0.25) is 9.59 Å². The highest BCUT2D eigenvalue weighted by atomic mass is 16.5. The Morgan fingerprint density at radius 1 is 1.15 bits per heavy atom. The molecular formula is C25H27N5O3. The molecule has 3 aromatic rings. The molecule has 0 saturated heterocycles. The molecule has 1 aromatic heterocycles. The number of benzene rings is 2. The lowest BCUT2D eigenvalue weighted by Gasteiger charge is -2.22. The number of para-hydroxylation sites is 1. The van der Waals surface area contributed by atoms with E-state index in [1.807, 2.05) is 72.4 Å². The summed E-state index contributed by atoms with van der Waals surface area (Å²) in [7, 11) is 3.46. The fourth-order valence-electron chi connectivity index (χ4n) is 3.50. The molecule has 3 rings (SSSR count). The van der Waals surface area contributed by atoms with Crippen LogP contribution in [0.5, 0.6) is 5.75 Å². The third-order valence-electron chi connectivity index (χ3n) is 5.25. The van der Waals surface area contributed by atoms with Crippen LogP contribution < -0.4 is 15.0 Å². The van der Waals surface area contributed by atoms with E-state index in [0.29, 0.717) is 17.3 Å². The van der Waals surface area contributed by atoms with Gasteiger partial charge in [-0.25, -0.2) is 4.98 Å². The van der Waals surface area contributed by atoms with E-state index in [-0.39, 0.29) is 37.6 Å². The van der Waals surface area contributed by atoms with Crippen LogP contribution in [0.1, 0.15) is 36.7 Å². The number of anilines is 1. The molecule has 0 aliphatic rings. The maximum Gasteiger partial charge on any atom is 0.227 e. The summed E-state index contributed by atoms with van der Waals surface area (Å²) >= 11 is 0. The van der Waals surface area contributed by atoms with Crippen LogP contribution in [-0.4, -0.2) is 35.0 Å². The average molecular weight is 446 g/mol. The van der Waals surface area contributed by atoms with Gasteiger partial charge in [-0.05, 0) is 29.8 Å². The van der Waals surface area contributed by atoms with E-state index in [1.54, 1.807) is 18.2 Å². The smallest absolute Gasteiger partial charge is 0.227 e. The number of aryl methyl sites for hydroxylation is 1. The minimum absolute atomic E-state index is 0.0196. The summed E-state index contributed by atoms with van der Waals surface area (Å²) in [5.41, 5.74) is 1.56. The van der Waals surface area contributed by atoms with Crippen molar-refractivity contribution in [1.82, 2.24) is 14.9 Å². The number of methoxy groups -OCH3 is 1. The molecule has 0 aliphatic carbocycles. The van der Waals surface area contributed by atoms with E-state index in [9.17, 15) is 9.59 Å². The van der Waals surface area contributed by atoms with Crippen molar-refractivity contribution in [2.45, 2.75) is 25.3 Å². The Bertz CT molecular complexity index is 1100. The van der Waals surface area contributed by atoms with Crippen molar-refractivity contribution in [1.29, 1.82) is 5.26 Å². The number of nitrogens with zero attached hydrogens (tertiary/aromatic N) is 4. The molecule has 8 nitrogen and oxygen atoms in total. The van der Waals surface area contributed by atoms with Gasteiger partial charge < -0.3 is 19.5 Å². The lowest BCUT2D eigenvalue weighted by molar-refractivity contribution is -0.125. The number of nitrogens with one attached hydrogen (secondary N) is 1. The number of amides is 2.